The SMILES string of the molecule is CC1CC(NC(=O)c2ccc(C#CCN)cc2)C1. The minimum absolute atomic E-state index is 0.00485. The van der Waals surface area contributed by atoms with Gasteiger partial charge in [0.15, 0.2) is 0 Å². The standard InChI is InChI=1S/C15H18N2O/c1-11-9-14(10-11)17-15(18)13-6-4-12(5-7-13)3-2-8-16/h4-7,11,14H,8-10,16H2,1H3,(H,17,18). The summed E-state index contributed by atoms with van der Waals surface area (Å²) in [6.45, 7) is 2.55. The smallest absolute Gasteiger partial charge is 0.251 e. The molecule has 1 aliphatic carbocycles. The van der Waals surface area contributed by atoms with Crippen LogP contribution in [-0.2, 0) is 0 Å². The van der Waals surface area contributed by atoms with E-state index in [9.17, 15) is 4.79 Å². The Kier molecular flexibility index (Phi) is 4.01. The summed E-state index contributed by atoms with van der Waals surface area (Å²) in [7, 11) is 0. The molecular weight excluding hydrogens is 224 g/mol. The Labute approximate surface area is 108 Å². The number of rotatable bonds is 2. The Morgan fingerprint density at radius 1 is 1.39 bits per heavy atom. The predicted molar refractivity (Wildman–Crippen MR) is 72.0 cm³/mol. The van der Waals surface area contributed by atoms with Gasteiger partial charge in [-0.25, -0.2) is 0 Å². The highest BCUT2D eigenvalue weighted by atomic mass is 16.1. The average molecular weight is 242 g/mol. The molecule has 0 radical (unpaired) electrons. The third-order valence-corrected chi connectivity index (χ3v) is 3.19. The summed E-state index contributed by atoms with van der Waals surface area (Å²) < 4.78 is 0. The Balaban J connectivity index is 1.94. The Morgan fingerprint density at radius 3 is 2.61 bits per heavy atom. The van der Waals surface area contributed by atoms with Crippen LogP contribution < -0.4 is 11.1 Å². The minimum atomic E-state index is 0.00485. The van der Waals surface area contributed by atoms with Crippen molar-refractivity contribution in [2.45, 2.75) is 25.8 Å². The van der Waals surface area contributed by atoms with Crippen LogP contribution in [-0.4, -0.2) is 18.5 Å². The topological polar surface area (TPSA) is 55.1 Å². The number of benzene rings is 1. The second-order valence-corrected chi connectivity index (χ2v) is 4.83. The zero-order valence-corrected chi connectivity index (χ0v) is 10.6. The first-order valence-electron chi connectivity index (χ1n) is 6.29. The molecule has 1 aromatic rings. The number of carbonyl (C=O) groups is 1. The van der Waals surface area contributed by atoms with E-state index in [1.807, 2.05) is 12.1 Å². The molecule has 0 saturated heterocycles. The lowest BCUT2D eigenvalue weighted by Gasteiger charge is -2.33. The largest absolute Gasteiger partial charge is 0.349 e. The van der Waals surface area contributed by atoms with E-state index in [1.54, 1.807) is 12.1 Å². The summed E-state index contributed by atoms with van der Waals surface area (Å²) in [5.41, 5.74) is 6.88. The fourth-order valence-corrected chi connectivity index (χ4v) is 2.15. The van der Waals surface area contributed by atoms with Gasteiger partial charge in [-0.3, -0.25) is 4.79 Å². The van der Waals surface area contributed by atoms with E-state index in [0.717, 1.165) is 24.3 Å². The van der Waals surface area contributed by atoms with E-state index in [2.05, 4.69) is 24.1 Å². The minimum Gasteiger partial charge on any atom is -0.349 e. The fourth-order valence-electron chi connectivity index (χ4n) is 2.15. The molecule has 2 rings (SSSR count). The van der Waals surface area contributed by atoms with Crippen LogP contribution in [0.15, 0.2) is 24.3 Å². The van der Waals surface area contributed by atoms with Crippen molar-refractivity contribution in [3.8, 4) is 11.8 Å². The molecule has 0 unspecified atom stereocenters. The second-order valence-electron chi connectivity index (χ2n) is 4.83. The zero-order chi connectivity index (χ0) is 13.0. The normalized spacial score (nSPS) is 21.4. The van der Waals surface area contributed by atoms with Crippen LogP contribution in [0.1, 0.15) is 35.7 Å². The van der Waals surface area contributed by atoms with Crippen molar-refractivity contribution in [3.63, 3.8) is 0 Å². The van der Waals surface area contributed by atoms with Gasteiger partial charge in [-0.05, 0) is 43.0 Å². The van der Waals surface area contributed by atoms with Gasteiger partial charge >= 0.3 is 0 Å². The van der Waals surface area contributed by atoms with E-state index < -0.39 is 0 Å². The van der Waals surface area contributed by atoms with Crippen LogP contribution in [0.5, 0.6) is 0 Å². The van der Waals surface area contributed by atoms with Gasteiger partial charge in [0.1, 0.15) is 0 Å². The molecule has 1 saturated carbocycles. The number of carbonyl (C=O) groups excluding carboxylic acids is 1. The number of hydrogen-bond donors (Lipinski definition) is 2. The molecule has 1 fully saturated rings. The summed E-state index contributed by atoms with van der Waals surface area (Å²) in [5.74, 6) is 6.46. The monoisotopic (exact) mass is 242 g/mol. The Bertz CT molecular complexity index is 475. The highest BCUT2D eigenvalue weighted by Gasteiger charge is 2.26. The van der Waals surface area contributed by atoms with Crippen molar-refractivity contribution in [3.05, 3.63) is 35.4 Å². The van der Waals surface area contributed by atoms with E-state index >= 15 is 0 Å². The van der Waals surface area contributed by atoms with E-state index in [-0.39, 0.29) is 5.91 Å². The van der Waals surface area contributed by atoms with Crippen LogP contribution in [0.4, 0.5) is 0 Å². The molecular formula is C15H18N2O. The number of nitrogens with one attached hydrogen (secondary N) is 1. The lowest BCUT2D eigenvalue weighted by Crippen LogP contribution is -2.43. The molecule has 0 bridgehead atoms. The molecule has 0 spiro atoms. The van der Waals surface area contributed by atoms with Crippen LogP contribution in [0.3, 0.4) is 0 Å². The maximum atomic E-state index is 11.9. The van der Waals surface area contributed by atoms with Crippen molar-refractivity contribution in [2.75, 3.05) is 6.54 Å². The van der Waals surface area contributed by atoms with Gasteiger partial charge in [0.2, 0.25) is 0 Å². The first-order valence-corrected chi connectivity index (χ1v) is 6.29. The molecule has 94 valence electrons. The molecule has 3 heteroatoms. The van der Waals surface area contributed by atoms with Crippen LogP contribution >= 0.6 is 0 Å². The summed E-state index contributed by atoms with van der Waals surface area (Å²) in [4.78, 5) is 11.9. The second kappa shape index (κ2) is 5.70. The van der Waals surface area contributed by atoms with Gasteiger partial charge < -0.3 is 11.1 Å². The Morgan fingerprint density at radius 2 is 2.06 bits per heavy atom. The lowest BCUT2D eigenvalue weighted by atomic mass is 9.82. The first kappa shape index (κ1) is 12.7. The van der Waals surface area contributed by atoms with E-state index in [1.165, 1.54) is 0 Å². The van der Waals surface area contributed by atoms with Crippen molar-refractivity contribution in [2.24, 2.45) is 11.7 Å². The van der Waals surface area contributed by atoms with Gasteiger partial charge in [0, 0.05) is 17.2 Å². The van der Waals surface area contributed by atoms with Gasteiger partial charge in [-0.15, -0.1) is 0 Å². The highest BCUT2D eigenvalue weighted by molar-refractivity contribution is 5.94. The summed E-state index contributed by atoms with van der Waals surface area (Å²) >= 11 is 0. The third kappa shape index (κ3) is 3.12. The molecule has 18 heavy (non-hydrogen) atoms. The van der Waals surface area contributed by atoms with E-state index in [4.69, 9.17) is 5.73 Å². The lowest BCUT2D eigenvalue weighted by molar-refractivity contribution is 0.0896. The predicted octanol–water partition coefficient (Wildman–Crippen LogP) is 1.53. The van der Waals surface area contributed by atoms with Crippen molar-refractivity contribution in [1.29, 1.82) is 0 Å². The van der Waals surface area contributed by atoms with Crippen molar-refractivity contribution in [1.82, 2.24) is 5.32 Å². The highest BCUT2D eigenvalue weighted by Crippen LogP contribution is 2.26. The van der Waals surface area contributed by atoms with Crippen molar-refractivity contribution < 1.29 is 4.79 Å². The number of amides is 1. The maximum Gasteiger partial charge on any atom is 0.251 e. The fraction of sp³-hybridized carbons (Fsp3) is 0.400. The van der Waals surface area contributed by atoms with Crippen LogP contribution in [0.2, 0.25) is 0 Å². The van der Waals surface area contributed by atoms with Crippen LogP contribution in [0, 0.1) is 17.8 Å². The summed E-state index contributed by atoms with van der Waals surface area (Å²) in [6.07, 6.45) is 2.18. The van der Waals surface area contributed by atoms with Gasteiger partial charge in [-0.1, -0.05) is 18.8 Å². The average Bonchev–Trinajstić information content (AvgIpc) is 2.35. The van der Waals surface area contributed by atoms with Gasteiger partial charge in [0.25, 0.3) is 5.91 Å². The quantitative estimate of drug-likeness (QED) is 0.773. The Hall–Kier alpha value is -1.79. The maximum absolute atomic E-state index is 11.9. The molecule has 1 aromatic carbocycles. The molecule has 0 heterocycles. The summed E-state index contributed by atoms with van der Waals surface area (Å²) in [6, 6.07) is 7.65. The van der Waals surface area contributed by atoms with Crippen LogP contribution in [0.25, 0.3) is 0 Å². The molecule has 0 atom stereocenters. The molecule has 3 nitrogen and oxygen atoms in total. The molecule has 0 aromatic heterocycles. The molecule has 1 aliphatic rings. The third-order valence-electron chi connectivity index (χ3n) is 3.19. The van der Waals surface area contributed by atoms with Crippen molar-refractivity contribution >= 4 is 5.91 Å². The zero-order valence-electron chi connectivity index (χ0n) is 10.6. The molecule has 0 aliphatic heterocycles. The first-order chi connectivity index (χ1) is 8.69. The van der Waals surface area contributed by atoms with E-state index in [0.29, 0.717) is 18.2 Å². The van der Waals surface area contributed by atoms with Gasteiger partial charge in [-0.2, -0.15) is 0 Å². The number of hydrogen-bond acceptors (Lipinski definition) is 2. The van der Waals surface area contributed by atoms with Gasteiger partial charge in [0.05, 0.1) is 6.54 Å². The molecule has 3 N–H and O–H groups in total. The molecule has 1 amide bonds. The summed E-state index contributed by atoms with van der Waals surface area (Å²) in [5, 5.41) is 3.03. The number of nitrogens with two attached hydrogens (primary N) is 1.